The van der Waals surface area contributed by atoms with Crippen LogP contribution in [-0.4, -0.2) is 43.4 Å². The van der Waals surface area contributed by atoms with Crippen molar-refractivity contribution in [1.82, 2.24) is 0 Å². The van der Waals surface area contributed by atoms with E-state index in [0.29, 0.717) is 27.8 Å². The van der Waals surface area contributed by atoms with Crippen LogP contribution >= 0.6 is 0 Å². The molecule has 0 radical (unpaired) electrons. The smallest absolute Gasteiger partial charge is 0.279 e. The van der Waals surface area contributed by atoms with Crippen molar-refractivity contribution < 1.29 is 18.5 Å². The summed E-state index contributed by atoms with van der Waals surface area (Å²) in [5, 5.41) is 2.94. The van der Waals surface area contributed by atoms with Gasteiger partial charge in [0.2, 0.25) is 0 Å². The molecule has 0 spiro atoms. The molecule has 1 amide bonds. The largest absolute Gasteiger partial charge is 0.321 e. The lowest BCUT2D eigenvalue weighted by Gasteiger charge is -2.29. The Kier molecular flexibility index (Phi) is 13.1. The number of amides is 1. The summed E-state index contributed by atoms with van der Waals surface area (Å²) in [4.78, 5) is 25.0. The summed E-state index contributed by atoms with van der Waals surface area (Å²) < 4.78 is 14.4. The first kappa shape index (κ1) is 29.4. The van der Waals surface area contributed by atoms with Gasteiger partial charge >= 0.3 is 0 Å². The number of rotatable bonds is 17. The van der Waals surface area contributed by atoms with Gasteiger partial charge in [0.15, 0.2) is 12.3 Å². The third kappa shape index (κ3) is 11.8. The maximum absolute atomic E-state index is 13.7. The number of hydrogen-bond acceptors (Lipinski definition) is 2. The van der Waals surface area contributed by atoms with Gasteiger partial charge in [0.25, 0.3) is 5.91 Å². The molecule has 2 rings (SSSR count). The van der Waals surface area contributed by atoms with Gasteiger partial charge in [0.1, 0.15) is 5.82 Å². The highest BCUT2D eigenvalue weighted by atomic mass is 19.1. The molecule has 36 heavy (non-hydrogen) atoms. The number of quaternary nitrogens is 1. The Morgan fingerprint density at radius 1 is 0.833 bits per heavy atom. The van der Waals surface area contributed by atoms with E-state index in [0.717, 1.165) is 13.0 Å². The molecule has 0 aliphatic rings. The molecule has 0 fully saturated rings. The number of halogens is 1. The van der Waals surface area contributed by atoms with Gasteiger partial charge in [0, 0.05) is 16.8 Å². The zero-order chi connectivity index (χ0) is 26.2. The molecular weight excluding hydrogens is 451 g/mol. The number of carbonyl (C=O) groups is 2. The average molecular weight is 496 g/mol. The number of allylic oxidation sites excluding steroid dienone is 1. The Bertz CT molecular complexity index is 967. The second-order valence-corrected chi connectivity index (χ2v) is 10.3. The fourth-order valence-electron chi connectivity index (χ4n) is 4.29. The minimum atomic E-state index is -0.367. The van der Waals surface area contributed by atoms with Crippen LogP contribution < -0.4 is 5.32 Å². The number of likely N-dealkylation sites (N-methyl/N-ethyl adjacent to an activating group) is 1. The maximum Gasteiger partial charge on any atom is 0.279 e. The predicted octanol–water partition coefficient (Wildman–Crippen LogP) is 7.66. The van der Waals surface area contributed by atoms with Gasteiger partial charge in [-0.3, -0.25) is 9.59 Å². The Balaban J connectivity index is 1.68. The Hall–Kier alpha value is -2.79. The van der Waals surface area contributed by atoms with Gasteiger partial charge in [-0.15, -0.1) is 0 Å². The molecule has 0 atom stereocenters. The van der Waals surface area contributed by atoms with Crippen LogP contribution in [0.4, 0.5) is 10.1 Å². The first-order chi connectivity index (χ1) is 17.3. The van der Waals surface area contributed by atoms with E-state index in [9.17, 15) is 14.0 Å². The molecule has 0 heterocycles. The number of carbonyl (C=O) groups excluding carboxylic acids is 2. The lowest BCUT2D eigenvalue weighted by molar-refractivity contribution is -0.882. The van der Waals surface area contributed by atoms with Gasteiger partial charge < -0.3 is 9.80 Å². The van der Waals surface area contributed by atoms with Crippen molar-refractivity contribution in [2.75, 3.05) is 32.5 Å². The van der Waals surface area contributed by atoms with Crippen LogP contribution in [0.1, 0.15) is 87.1 Å². The Morgan fingerprint density at radius 2 is 1.42 bits per heavy atom. The van der Waals surface area contributed by atoms with E-state index in [-0.39, 0.29) is 17.5 Å². The number of unbranched alkanes of at least 4 members (excludes halogenated alkanes) is 9. The van der Waals surface area contributed by atoms with Gasteiger partial charge in [-0.2, -0.15) is 0 Å². The summed E-state index contributed by atoms with van der Waals surface area (Å²) in [6, 6.07) is 13.1. The number of benzene rings is 2. The molecule has 0 unspecified atom stereocenters. The SMILES string of the molecule is CCCCCCCCCCCC[N+](C)(C)CC(=O)Nc1ccc(C(=O)/C=C/c2ccccc2F)cc1. The van der Waals surface area contributed by atoms with Crippen LogP contribution in [0, 0.1) is 5.82 Å². The van der Waals surface area contributed by atoms with Crippen LogP contribution in [0.25, 0.3) is 6.08 Å². The fraction of sp³-hybridized carbons (Fsp3) is 0.484. The minimum Gasteiger partial charge on any atom is -0.321 e. The minimum absolute atomic E-state index is 0.0365. The van der Waals surface area contributed by atoms with Crippen LogP contribution in [0.15, 0.2) is 54.6 Å². The van der Waals surface area contributed by atoms with Crippen molar-refractivity contribution in [3.63, 3.8) is 0 Å². The molecular formula is C31H44FN2O2+. The topological polar surface area (TPSA) is 46.2 Å². The summed E-state index contributed by atoms with van der Waals surface area (Å²) in [5.74, 6) is -0.620. The molecule has 0 aliphatic carbocycles. The van der Waals surface area contributed by atoms with Crippen molar-refractivity contribution >= 4 is 23.5 Å². The Morgan fingerprint density at radius 3 is 2.03 bits per heavy atom. The molecule has 5 heteroatoms. The second kappa shape index (κ2) is 16.1. The lowest BCUT2D eigenvalue weighted by Crippen LogP contribution is -2.46. The molecule has 0 bridgehead atoms. The van der Waals surface area contributed by atoms with Gasteiger partial charge in [-0.25, -0.2) is 4.39 Å². The summed E-state index contributed by atoms with van der Waals surface area (Å²) in [6.07, 6.45) is 15.9. The van der Waals surface area contributed by atoms with Crippen molar-refractivity contribution in [2.24, 2.45) is 0 Å². The Labute approximate surface area is 217 Å². The highest BCUT2D eigenvalue weighted by Gasteiger charge is 2.19. The van der Waals surface area contributed by atoms with E-state index < -0.39 is 0 Å². The molecule has 1 N–H and O–H groups in total. The molecule has 0 aliphatic heterocycles. The van der Waals surface area contributed by atoms with Gasteiger partial charge in [-0.05, 0) is 55.3 Å². The monoisotopic (exact) mass is 495 g/mol. The van der Waals surface area contributed by atoms with Crippen molar-refractivity contribution in [3.05, 3.63) is 71.6 Å². The molecule has 2 aromatic carbocycles. The highest BCUT2D eigenvalue weighted by molar-refractivity contribution is 6.07. The van der Waals surface area contributed by atoms with Crippen molar-refractivity contribution in [3.8, 4) is 0 Å². The highest BCUT2D eigenvalue weighted by Crippen LogP contribution is 2.14. The number of anilines is 1. The standard InChI is InChI=1S/C31H43FN2O2/c1-4-5-6-7-8-9-10-11-12-15-24-34(2,3)25-31(36)33-28-21-18-27(19-22-28)30(35)23-20-26-16-13-14-17-29(26)32/h13-14,16-23H,4-12,15,24-25H2,1-3H3/p+1/b23-20+. The number of hydrogen-bond donors (Lipinski definition) is 1. The summed E-state index contributed by atoms with van der Waals surface area (Å²) in [5.41, 5.74) is 1.51. The molecule has 0 saturated carbocycles. The van der Waals surface area contributed by atoms with E-state index in [4.69, 9.17) is 0 Å². The molecule has 2 aromatic rings. The quantitative estimate of drug-likeness (QED) is 0.106. The zero-order valence-electron chi connectivity index (χ0n) is 22.4. The van der Waals surface area contributed by atoms with E-state index in [1.807, 2.05) is 0 Å². The van der Waals surface area contributed by atoms with Crippen LogP contribution in [0.5, 0.6) is 0 Å². The molecule has 0 aromatic heterocycles. The van der Waals surface area contributed by atoms with Gasteiger partial charge in [-0.1, -0.05) is 76.5 Å². The molecule has 196 valence electrons. The molecule has 4 nitrogen and oxygen atoms in total. The molecule has 0 saturated heterocycles. The van der Waals surface area contributed by atoms with E-state index in [1.54, 1.807) is 42.5 Å². The van der Waals surface area contributed by atoms with Crippen LogP contribution in [0.2, 0.25) is 0 Å². The van der Waals surface area contributed by atoms with Crippen LogP contribution in [0.3, 0.4) is 0 Å². The van der Waals surface area contributed by atoms with E-state index >= 15 is 0 Å². The number of nitrogens with zero attached hydrogens (tertiary/aromatic N) is 1. The average Bonchev–Trinajstić information content (AvgIpc) is 2.84. The first-order valence-electron chi connectivity index (χ1n) is 13.5. The van der Waals surface area contributed by atoms with Crippen molar-refractivity contribution in [2.45, 2.75) is 71.1 Å². The third-order valence-corrected chi connectivity index (χ3v) is 6.46. The van der Waals surface area contributed by atoms with Crippen molar-refractivity contribution in [1.29, 1.82) is 0 Å². The number of nitrogens with one attached hydrogen (secondary N) is 1. The van der Waals surface area contributed by atoms with Gasteiger partial charge in [0.05, 0.1) is 20.6 Å². The normalized spacial score (nSPS) is 11.7. The van der Waals surface area contributed by atoms with E-state index in [2.05, 4.69) is 26.3 Å². The van der Waals surface area contributed by atoms with Crippen LogP contribution in [-0.2, 0) is 4.79 Å². The fourth-order valence-corrected chi connectivity index (χ4v) is 4.29. The first-order valence-corrected chi connectivity index (χ1v) is 13.5. The predicted molar refractivity (Wildman–Crippen MR) is 149 cm³/mol. The second-order valence-electron chi connectivity index (χ2n) is 10.3. The summed E-state index contributed by atoms with van der Waals surface area (Å²) in [7, 11) is 4.19. The third-order valence-electron chi connectivity index (χ3n) is 6.46. The zero-order valence-corrected chi connectivity index (χ0v) is 22.4. The van der Waals surface area contributed by atoms with E-state index in [1.165, 1.54) is 76.0 Å². The lowest BCUT2D eigenvalue weighted by atomic mass is 10.1. The number of ketones is 1. The summed E-state index contributed by atoms with van der Waals surface area (Å²) in [6.45, 7) is 3.64. The maximum atomic E-state index is 13.7. The summed E-state index contributed by atoms with van der Waals surface area (Å²) >= 11 is 0.